The highest BCUT2D eigenvalue weighted by atomic mass is 14.8. The summed E-state index contributed by atoms with van der Waals surface area (Å²) in [5, 5.41) is 12.4. The van der Waals surface area contributed by atoms with Crippen LogP contribution in [0.4, 0.5) is 0 Å². The van der Waals surface area contributed by atoms with Crippen molar-refractivity contribution < 1.29 is 0 Å². The maximum absolute atomic E-state index is 8.96. The van der Waals surface area contributed by atoms with Crippen molar-refractivity contribution in [1.29, 1.82) is 5.26 Å². The number of nitrogens with one attached hydrogen (secondary N) is 1. The summed E-state index contributed by atoms with van der Waals surface area (Å²) >= 11 is 0. The van der Waals surface area contributed by atoms with Gasteiger partial charge >= 0.3 is 0 Å². The molecule has 0 bridgehead atoms. The van der Waals surface area contributed by atoms with Crippen molar-refractivity contribution in [3.05, 3.63) is 47.0 Å². The predicted octanol–water partition coefficient (Wildman–Crippen LogP) is 3.15. The van der Waals surface area contributed by atoms with Gasteiger partial charge in [0.05, 0.1) is 11.6 Å². The number of nitrogens with zero attached hydrogens (tertiary/aromatic N) is 1. The summed E-state index contributed by atoms with van der Waals surface area (Å²) in [6.07, 6.45) is 7.37. The van der Waals surface area contributed by atoms with Crippen LogP contribution in [-0.4, -0.2) is 6.54 Å². The third kappa shape index (κ3) is 3.44. The van der Waals surface area contributed by atoms with Crippen LogP contribution in [0.3, 0.4) is 0 Å². The van der Waals surface area contributed by atoms with Gasteiger partial charge in [-0.25, -0.2) is 0 Å². The molecule has 0 saturated carbocycles. The van der Waals surface area contributed by atoms with Gasteiger partial charge in [-0.1, -0.05) is 29.8 Å². The SMILES string of the molecule is N#Cc1ccccc1CNCCC1=CCCC1. The minimum atomic E-state index is 0.778. The molecule has 1 aromatic carbocycles. The monoisotopic (exact) mass is 226 g/mol. The molecule has 0 fully saturated rings. The lowest BCUT2D eigenvalue weighted by Crippen LogP contribution is -2.15. The van der Waals surface area contributed by atoms with Crippen molar-refractivity contribution in [1.82, 2.24) is 5.32 Å². The van der Waals surface area contributed by atoms with E-state index in [1.54, 1.807) is 5.57 Å². The summed E-state index contributed by atoms with van der Waals surface area (Å²) in [5.41, 5.74) is 3.46. The molecule has 1 aromatic rings. The first-order valence-electron chi connectivity index (χ1n) is 6.27. The van der Waals surface area contributed by atoms with Crippen molar-refractivity contribution in [2.45, 2.75) is 32.2 Å². The summed E-state index contributed by atoms with van der Waals surface area (Å²) in [5.74, 6) is 0. The molecule has 1 aliphatic rings. The van der Waals surface area contributed by atoms with Crippen molar-refractivity contribution >= 4 is 0 Å². The molecule has 0 radical (unpaired) electrons. The van der Waals surface area contributed by atoms with E-state index in [1.807, 2.05) is 24.3 Å². The molecule has 17 heavy (non-hydrogen) atoms. The molecule has 0 atom stereocenters. The number of rotatable bonds is 5. The maximum atomic E-state index is 8.96. The summed E-state index contributed by atoms with van der Waals surface area (Å²) in [6.45, 7) is 1.79. The van der Waals surface area contributed by atoms with Crippen LogP contribution in [0, 0.1) is 11.3 Å². The van der Waals surface area contributed by atoms with E-state index in [2.05, 4.69) is 17.5 Å². The zero-order valence-electron chi connectivity index (χ0n) is 10.1. The number of hydrogen-bond donors (Lipinski definition) is 1. The smallest absolute Gasteiger partial charge is 0.0995 e. The Balaban J connectivity index is 1.76. The van der Waals surface area contributed by atoms with Crippen molar-refractivity contribution in [2.75, 3.05) is 6.54 Å². The van der Waals surface area contributed by atoms with Gasteiger partial charge in [-0.3, -0.25) is 0 Å². The van der Waals surface area contributed by atoms with Crippen LogP contribution in [0.15, 0.2) is 35.9 Å². The van der Waals surface area contributed by atoms with Gasteiger partial charge in [0.15, 0.2) is 0 Å². The van der Waals surface area contributed by atoms with Gasteiger partial charge in [-0.05, 0) is 43.9 Å². The van der Waals surface area contributed by atoms with E-state index in [0.717, 1.165) is 30.6 Å². The Morgan fingerprint density at radius 1 is 1.29 bits per heavy atom. The third-order valence-corrected chi connectivity index (χ3v) is 3.21. The van der Waals surface area contributed by atoms with E-state index in [4.69, 9.17) is 5.26 Å². The minimum absolute atomic E-state index is 0.778. The van der Waals surface area contributed by atoms with Crippen LogP contribution >= 0.6 is 0 Å². The predicted molar refractivity (Wildman–Crippen MR) is 69.4 cm³/mol. The van der Waals surface area contributed by atoms with Gasteiger partial charge in [0, 0.05) is 6.54 Å². The Bertz CT molecular complexity index is 440. The van der Waals surface area contributed by atoms with E-state index in [1.165, 1.54) is 19.3 Å². The van der Waals surface area contributed by atoms with Gasteiger partial charge in [0.25, 0.3) is 0 Å². The molecule has 0 aliphatic heterocycles. The number of benzene rings is 1. The molecule has 0 unspecified atom stereocenters. The molecule has 0 spiro atoms. The molecule has 0 aromatic heterocycles. The number of hydrogen-bond acceptors (Lipinski definition) is 2. The molecular weight excluding hydrogens is 208 g/mol. The topological polar surface area (TPSA) is 35.8 Å². The fourth-order valence-corrected chi connectivity index (χ4v) is 2.22. The Hall–Kier alpha value is -1.59. The van der Waals surface area contributed by atoms with Crippen LogP contribution in [0.2, 0.25) is 0 Å². The summed E-state index contributed by atoms with van der Waals surface area (Å²) in [7, 11) is 0. The number of nitriles is 1. The second-order valence-electron chi connectivity index (χ2n) is 4.45. The van der Waals surface area contributed by atoms with E-state index in [0.29, 0.717) is 0 Å². The minimum Gasteiger partial charge on any atom is -0.312 e. The maximum Gasteiger partial charge on any atom is 0.0995 e. The Morgan fingerprint density at radius 3 is 2.94 bits per heavy atom. The normalized spacial score (nSPS) is 14.4. The lowest BCUT2D eigenvalue weighted by Gasteiger charge is -2.06. The largest absolute Gasteiger partial charge is 0.312 e. The van der Waals surface area contributed by atoms with E-state index in [-0.39, 0.29) is 0 Å². The molecule has 0 saturated heterocycles. The highest BCUT2D eigenvalue weighted by Crippen LogP contribution is 2.19. The van der Waals surface area contributed by atoms with Crippen LogP contribution in [0.1, 0.15) is 36.8 Å². The van der Waals surface area contributed by atoms with Gasteiger partial charge in [-0.15, -0.1) is 0 Å². The highest BCUT2D eigenvalue weighted by Gasteiger charge is 2.04. The van der Waals surface area contributed by atoms with Crippen LogP contribution in [0.25, 0.3) is 0 Å². The zero-order chi connectivity index (χ0) is 11.9. The van der Waals surface area contributed by atoms with Crippen LogP contribution < -0.4 is 5.32 Å². The van der Waals surface area contributed by atoms with Gasteiger partial charge in [0.1, 0.15) is 0 Å². The van der Waals surface area contributed by atoms with Crippen LogP contribution in [0.5, 0.6) is 0 Å². The molecule has 0 amide bonds. The Kier molecular flexibility index (Phi) is 4.35. The molecular formula is C15H18N2. The molecule has 88 valence electrons. The highest BCUT2D eigenvalue weighted by molar-refractivity contribution is 5.37. The molecule has 2 heteroatoms. The fourth-order valence-electron chi connectivity index (χ4n) is 2.22. The molecule has 0 heterocycles. The van der Waals surface area contributed by atoms with Crippen molar-refractivity contribution in [2.24, 2.45) is 0 Å². The Labute approximate surface area is 103 Å². The van der Waals surface area contributed by atoms with Crippen LogP contribution in [-0.2, 0) is 6.54 Å². The summed E-state index contributed by atoms with van der Waals surface area (Å²) < 4.78 is 0. The van der Waals surface area contributed by atoms with Gasteiger partial charge in [-0.2, -0.15) is 5.26 Å². The first kappa shape index (κ1) is 11.9. The first-order chi connectivity index (χ1) is 8.40. The fraction of sp³-hybridized carbons (Fsp3) is 0.400. The second kappa shape index (κ2) is 6.22. The standard InChI is InChI=1S/C15H18N2/c16-11-14-7-3-4-8-15(14)12-17-10-9-13-5-1-2-6-13/h3-5,7-8,17H,1-2,6,9-10,12H2. The molecule has 1 aliphatic carbocycles. The summed E-state index contributed by atoms with van der Waals surface area (Å²) in [4.78, 5) is 0. The van der Waals surface area contributed by atoms with Crippen molar-refractivity contribution in [3.8, 4) is 6.07 Å². The average molecular weight is 226 g/mol. The second-order valence-corrected chi connectivity index (χ2v) is 4.45. The van der Waals surface area contributed by atoms with E-state index in [9.17, 15) is 0 Å². The molecule has 2 nitrogen and oxygen atoms in total. The quantitative estimate of drug-likeness (QED) is 0.618. The summed E-state index contributed by atoms with van der Waals surface area (Å²) in [6, 6.07) is 10.0. The Morgan fingerprint density at radius 2 is 2.18 bits per heavy atom. The van der Waals surface area contributed by atoms with Gasteiger partial charge in [0.2, 0.25) is 0 Å². The van der Waals surface area contributed by atoms with E-state index < -0.39 is 0 Å². The number of allylic oxidation sites excluding steroid dienone is 1. The van der Waals surface area contributed by atoms with E-state index >= 15 is 0 Å². The molecule has 1 N–H and O–H groups in total. The third-order valence-electron chi connectivity index (χ3n) is 3.21. The lowest BCUT2D eigenvalue weighted by atomic mass is 10.1. The first-order valence-corrected chi connectivity index (χ1v) is 6.27. The average Bonchev–Trinajstić information content (AvgIpc) is 2.88. The molecule has 2 rings (SSSR count). The zero-order valence-corrected chi connectivity index (χ0v) is 10.1. The van der Waals surface area contributed by atoms with Crippen molar-refractivity contribution in [3.63, 3.8) is 0 Å². The lowest BCUT2D eigenvalue weighted by molar-refractivity contribution is 0.675. The van der Waals surface area contributed by atoms with Gasteiger partial charge < -0.3 is 5.32 Å².